The van der Waals surface area contributed by atoms with Gasteiger partial charge in [0.15, 0.2) is 5.78 Å². The van der Waals surface area contributed by atoms with E-state index in [-0.39, 0.29) is 5.78 Å². The molecule has 1 fully saturated rings. The highest BCUT2D eigenvalue weighted by molar-refractivity contribution is 9.10. The number of ketones is 1. The van der Waals surface area contributed by atoms with E-state index in [9.17, 15) is 4.79 Å². The monoisotopic (exact) mass is 309 g/mol. The van der Waals surface area contributed by atoms with Crippen LogP contribution in [0.1, 0.15) is 36.5 Å². The number of Topliss-reactive ketones (excluding diaryl/α,β-unsaturated/α-hetero) is 1. The maximum absolute atomic E-state index is 12.2. The van der Waals surface area contributed by atoms with Gasteiger partial charge in [-0.15, -0.1) is 0 Å². The van der Waals surface area contributed by atoms with E-state index in [0.717, 1.165) is 29.0 Å². The van der Waals surface area contributed by atoms with E-state index in [2.05, 4.69) is 27.8 Å². The van der Waals surface area contributed by atoms with Crippen molar-refractivity contribution in [3.8, 4) is 0 Å². The van der Waals surface area contributed by atoms with Crippen molar-refractivity contribution in [2.24, 2.45) is 5.92 Å². The van der Waals surface area contributed by atoms with Crippen molar-refractivity contribution in [1.29, 1.82) is 0 Å². The van der Waals surface area contributed by atoms with Gasteiger partial charge in [0.1, 0.15) is 0 Å². The fourth-order valence-electron chi connectivity index (χ4n) is 2.56. The summed E-state index contributed by atoms with van der Waals surface area (Å²) in [4.78, 5) is 14.5. The molecule has 0 N–H and O–H groups in total. The molecule has 98 valence electrons. The third-order valence-corrected chi connectivity index (χ3v) is 4.24. The molecule has 1 heterocycles. The topological polar surface area (TPSA) is 20.3 Å². The van der Waals surface area contributed by atoms with E-state index in [0.29, 0.717) is 6.54 Å². The highest BCUT2D eigenvalue weighted by Gasteiger charge is 2.20. The van der Waals surface area contributed by atoms with Crippen LogP contribution in [-0.2, 0) is 0 Å². The molecule has 2 rings (SSSR count). The second-order valence-corrected chi connectivity index (χ2v) is 6.00. The van der Waals surface area contributed by atoms with Gasteiger partial charge in [-0.2, -0.15) is 0 Å². The van der Waals surface area contributed by atoms with Crippen molar-refractivity contribution in [2.75, 3.05) is 19.6 Å². The molecular formula is C15H20BrNO. The summed E-state index contributed by atoms with van der Waals surface area (Å²) in [7, 11) is 0. The number of piperidine rings is 1. The van der Waals surface area contributed by atoms with Gasteiger partial charge in [0.25, 0.3) is 0 Å². The quantitative estimate of drug-likeness (QED) is 0.789. The van der Waals surface area contributed by atoms with Crippen molar-refractivity contribution in [3.63, 3.8) is 0 Å². The van der Waals surface area contributed by atoms with Crippen LogP contribution < -0.4 is 0 Å². The molecule has 1 unspecified atom stereocenters. The number of hydrogen-bond donors (Lipinski definition) is 0. The third kappa shape index (κ3) is 3.66. The van der Waals surface area contributed by atoms with Gasteiger partial charge in [-0.05, 0) is 37.4 Å². The number of rotatable bonds is 4. The van der Waals surface area contributed by atoms with Crippen LogP contribution in [0.5, 0.6) is 0 Å². The van der Waals surface area contributed by atoms with Crippen molar-refractivity contribution >= 4 is 21.7 Å². The Kier molecular flexibility index (Phi) is 4.95. The zero-order valence-electron chi connectivity index (χ0n) is 10.9. The van der Waals surface area contributed by atoms with Crippen molar-refractivity contribution in [1.82, 2.24) is 4.90 Å². The Labute approximate surface area is 117 Å². The average molecular weight is 310 g/mol. The molecule has 0 aromatic heterocycles. The number of hydrogen-bond acceptors (Lipinski definition) is 2. The molecule has 0 amide bonds. The van der Waals surface area contributed by atoms with Crippen molar-refractivity contribution in [3.05, 3.63) is 34.3 Å². The van der Waals surface area contributed by atoms with Gasteiger partial charge >= 0.3 is 0 Å². The number of halogens is 1. The van der Waals surface area contributed by atoms with Gasteiger partial charge in [-0.25, -0.2) is 0 Å². The molecule has 0 radical (unpaired) electrons. The third-order valence-electron chi connectivity index (χ3n) is 3.71. The van der Waals surface area contributed by atoms with Crippen LogP contribution in [0, 0.1) is 5.92 Å². The highest BCUT2D eigenvalue weighted by Crippen LogP contribution is 2.19. The Morgan fingerprint density at radius 1 is 1.39 bits per heavy atom. The van der Waals surface area contributed by atoms with Crippen molar-refractivity contribution in [2.45, 2.75) is 26.2 Å². The van der Waals surface area contributed by atoms with E-state index in [4.69, 9.17) is 0 Å². The van der Waals surface area contributed by atoms with Crippen LogP contribution in [0.25, 0.3) is 0 Å². The smallest absolute Gasteiger partial charge is 0.176 e. The number of benzene rings is 1. The van der Waals surface area contributed by atoms with Gasteiger partial charge in [0.05, 0.1) is 6.54 Å². The first-order chi connectivity index (χ1) is 8.69. The predicted molar refractivity (Wildman–Crippen MR) is 77.9 cm³/mol. The molecule has 0 aliphatic carbocycles. The van der Waals surface area contributed by atoms with Gasteiger partial charge in [-0.3, -0.25) is 9.69 Å². The maximum Gasteiger partial charge on any atom is 0.176 e. The van der Waals surface area contributed by atoms with E-state index in [1.165, 1.54) is 19.3 Å². The Hall–Kier alpha value is -0.670. The van der Waals surface area contributed by atoms with Crippen LogP contribution in [0.3, 0.4) is 0 Å². The summed E-state index contributed by atoms with van der Waals surface area (Å²) in [6.07, 6.45) is 3.77. The highest BCUT2D eigenvalue weighted by atomic mass is 79.9. The molecule has 0 bridgehead atoms. The Morgan fingerprint density at radius 2 is 2.11 bits per heavy atom. The Morgan fingerprint density at radius 3 is 2.78 bits per heavy atom. The normalized spacial score (nSPS) is 20.9. The van der Waals surface area contributed by atoms with Crippen LogP contribution in [0.4, 0.5) is 0 Å². The average Bonchev–Trinajstić information content (AvgIpc) is 2.39. The molecule has 3 heteroatoms. The summed E-state index contributed by atoms with van der Waals surface area (Å²) in [6, 6.07) is 7.65. The van der Waals surface area contributed by atoms with Gasteiger partial charge in [-0.1, -0.05) is 41.4 Å². The number of carbonyl (C=O) groups is 1. The molecule has 1 atom stereocenters. The standard InChI is InChI=1S/C15H20BrNO/c1-2-12-4-3-9-17(10-12)11-15(18)13-5-7-14(16)8-6-13/h5-8,12H,2-4,9-11H2,1H3. The molecule has 1 aromatic carbocycles. The van der Waals surface area contributed by atoms with Gasteiger partial charge in [0.2, 0.25) is 0 Å². The van der Waals surface area contributed by atoms with Crippen LogP contribution >= 0.6 is 15.9 Å². The van der Waals surface area contributed by atoms with Gasteiger partial charge < -0.3 is 0 Å². The zero-order chi connectivity index (χ0) is 13.0. The number of carbonyl (C=O) groups excluding carboxylic acids is 1. The minimum Gasteiger partial charge on any atom is -0.296 e. The minimum absolute atomic E-state index is 0.235. The minimum atomic E-state index is 0.235. The lowest BCUT2D eigenvalue weighted by atomic mass is 9.95. The van der Waals surface area contributed by atoms with Gasteiger partial charge in [0, 0.05) is 16.6 Å². The lowest BCUT2D eigenvalue weighted by molar-refractivity contribution is 0.0884. The molecule has 18 heavy (non-hydrogen) atoms. The summed E-state index contributed by atoms with van der Waals surface area (Å²) in [5.41, 5.74) is 0.817. The molecule has 1 saturated heterocycles. The second kappa shape index (κ2) is 6.48. The zero-order valence-corrected chi connectivity index (χ0v) is 12.4. The van der Waals surface area contributed by atoms with E-state index >= 15 is 0 Å². The Bertz CT molecular complexity index is 401. The molecule has 2 nitrogen and oxygen atoms in total. The summed E-state index contributed by atoms with van der Waals surface area (Å²) in [5.74, 6) is 1.01. The number of likely N-dealkylation sites (tertiary alicyclic amines) is 1. The van der Waals surface area contributed by atoms with E-state index < -0.39 is 0 Å². The first-order valence-electron chi connectivity index (χ1n) is 6.70. The molecule has 1 aliphatic heterocycles. The molecule has 1 aromatic rings. The van der Waals surface area contributed by atoms with E-state index in [1.807, 2.05) is 24.3 Å². The van der Waals surface area contributed by atoms with E-state index in [1.54, 1.807) is 0 Å². The fourth-order valence-corrected chi connectivity index (χ4v) is 2.82. The predicted octanol–water partition coefficient (Wildman–Crippen LogP) is 3.75. The molecule has 1 aliphatic rings. The first kappa shape index (κ1) is 13.8. The van der Waals surface area contributed by atoms with Crippen LogP contribution in [0.15, 0.2) is 28.7 Å². The summed E-state index contributed by atoms with van der Waals surface area (Å²) in [5, 5.41) is 0. The lowest BCUT2D eigenvalue weighted by Gasteiger charge is -2.31. The second-order valence-electron chi connectivity index (χ2n) is 5.08. The summed E-state index contributed by atoms with van der Waals surface area (Å²) in [6.45, 7) is 4.96. The Balaban J connectivity index is 1.92. The molecule has 0 spiro atoms. The fraction of sp³-hybridized carbons (Fsp3) is 0.533. The number of nitrogens with zero attached hydrogens (tertiary/aromatic N) is 1. The maximum atomic E-state index is 12.2. The SMILES string of the molecule is CCC1CCCN(CC(=O)c2ccc(Br)cc2)C1. The first-order valence-corrected chi connectivity index (χ1v) is 7.49. The molecular weight excluding hydrogens is 290 g/mol. The van der Waals surface area contributed by atoms with Crippen LogP contribution in [0.2, 0.25) is 0 Å². The largest absolute Gasteiger partial charge is 0.296 e. The molecule has 0 saturated carbocycles. The lowest BCUT2D eigenvalue weighted by Crippen LogP contribution is -2.38. The van der Waals surface area contributed by atoms with Crippen LogP contribution in [-0.4, -0.2) is 30.3 Å². The summed E-state index contributed by atoms with van der Waals surface area (Å²) >= 11 is 3.39. The summed E-state index contributed by atoms with van der Waals surface area (Å²) < 4.78 is 1.02. The van der Waals surface area contributed by atoms with Crippen molar-refractivity contribution < 1.29 is 4.79 Å².